The van der Waals surface area contributed by atoms with Crippen LogP contribution in [0.5, 0.6) is 0 Å². The molecule has 0 N–H and O–H groups in total. The average molecular weight is 336 g/mol. The minimum atomic E-state index is -0.141. The molecule has 2 bridgehead atoms. The molecule has 1 aromatic carbocycles. The minimum absolute atomic E-state index is 0.0335. The fraction of sp³-hybridized carbons (Fsp3) is 0.350. The van der Waals surface area contributed by atoms with E-state index in [0.717, 1.165) is 12.1 Å². The van der Waals surface area contributed by atoms with Crippen molar-refractivity contribution in [3.63, 3.8) is 0 Å². The van der Waals surface area contributed by atoms with Gasteiger partial charge in [0, 0.05) is 42.9 Å². The number of nitrogens with zero attached hydrogens (tertiary/aromatic N) is 2. The lowest BCUT2D eigenvalue weighted by atomic mass is 9.83. The van der Waals surface area contributed by atoms with Crippen molar-refractivity contribution in [1.29, 1.82) is 0 Å². The van der Waals surface area contributed by atoms with E-state index in [1.54, 1.807) is 41.3 Å². The number of ketones is 1. The number of aromatic nitrogens is 1. The van der Waals surface area contributed by atoms with Crippen LogP contribution in [0.2, 0.25) is 0 Å². The van der Waals surface area contributed by atoms with Crippen LogP contribution in [0.3, 0.4) is 0 Å². The Labute approximate surface area is 145 Å². The van der Waals surface area contributed by atoms with Gasteiger partial charge in [-0.3, -0.25) is 14.4 Å². The lowest BCUT2D eigenvalue weighted by Gasteiger charge is -2.42. The van der Waals surface area contributed by atoms with Gasteiger partial charge in [0.1, 0.15) is 0 Å². The zero-order chi connectivity index (χ0) is 17.4. The van der Waals surface area contributed by atoms with Gasteiger partial charge in [0.05, 0.1) is 6.42 Å². The largest absolute Gasteiger partial charge is 0.341 e. The predicted octanol–water partition coefficient (Wildman–Crippen LogP) is 2.07. The molecule has 5 nitrogen and oxygen atoms in total. The first kappa shape index (κ1) is 15.8. The second-order valence-corrected chi connectivity index (χ2v) is 6.96. The highest BCUT2D eigenvalue weighted by atomic mass is 16.2. The zero-order valence-electron chi connectivity index (χ0n) is 13.9. The molecule has 4 rings (SSSR count). The van der Waals surface area contributed by atoms with E-state index in [-0.39, 0.29) is 35.5 Å². The van der Waals surface area contributed by atoms with Gasteiger partial charge in [-0.15, -0.1) is 0 Å². The summed E-state index contributed by atoms with van der Waals surface area (Å²) in [5.41, 5.74) is 1.62. The van der Waals surface area contributed by atoms with Crippen LogP contribution in [0.15, 0.2) is 53.3 Å². The van der Waals surface area contributed by atoms with Crippen LogP contribution < -0.4 is 5.56 Å². The highest BCUT2D eigenvalue weighted by Crippen LogP contribution is 2.35. The Bertz CT molecular complexity index is 872. The van der Waals surface area contributed by atoms with E-state index in [9.17, 15) is 14.4 Å². The first-order valence-electron chi connectivity index (χ1n) is 8.67. The van der Waals surface area contributed by atoms with Crippen LogP contribution in [-0.4, -0.2) is 34.2 Å². The minimum Gasteiger partial charge on any atom is -0.341 e. The molecular formula is C20H20N2O3. The summed E-state index contributed by atoms with van der Waals surface area (Å²) in [6.07, 6.45) is 0.908. The monoisotopic (exact) mass is 336 g/mol. The van der Waals surface area contributed by atoms with Crippen molar-refractivity contribution in [2.45, 2.75) is 25.3 Å². The van der Waals surface area contributed by atoms with Crippen LogP contribution in [0.4, 0.5) is 0 Å². The van der Waals surface area contributed by atoms with E-state index < -0.39 is 0 Å². The first-order valence-corrected chi connectivity index (χ1v) is 8.67. The number of pyridine rings is 1. The molecule has 1 amide bonds. The fourth-order valence-electron chi connectivity index (χ4n) is 4.08. The topological polar surface area (TPSA) is 59.4 Å². The van der Waals surface area contributed by atoms with Crippen molar-refractivity contribution in [2.24, 2.45) is 5.92 Å². The number of amides is 1. The van der Waals surface area contributed by atoms with E-state index in [0.29, 0.717) is 25.2 Å². The molecule has 5 heteroatoms. The smallest absolute Gasteiger partial charge is 0.250 e. The predicted molar refractivity (Wildman–Crippen MR) is 93.5 cm³/mol. The molecule has 0 saturated carbocycles. The molecule has 1 fully saturated rings. The summed E-state index contributed by atoms with van der Waals surface area (Å²) in [5.74, 6) is 0.201. The first-order chi connectivity index (χ1) is 12.1. The lowest BCUT2D eigenvalue weighted by molar-refractivity contribution is -0.132. The van der Waals surface area contributed by atoms with Crippen molar-refractivity contribution in [3.05, 3.63) is 70.1 Å². The molecule has 2 atom stereocenters. The summed E-state index contributed by atoms with van der Waals surface area (Å²) in [5, 5.41) is 0. The Hall–Kier alpha value is -2.69. The molecule has 1 saturated heterocycles. The number of hydrogen-bond donors (Lipinski definition) is 0. The summed E-state index contributed by atoms with van der Waals surface area (Å²) in [6.45, 7) is 1.86. The van der Waals surface area contributed by atoms with Crippen molar-refractivity contribution in [3.8, 4) is 0 Å². The van der Waals surface area contributed by atoms with Crippen molar-refractivity contribution < 1.29 is 9.59 Å². The lowest BCUT2D eigenvalue weighted by Crippen LogP contribution is -2.49. The number of rotatable bonds is 3. The number of benzene rings is 1. The Balaban J connectivity index is 1.49. The molecule has 128 valence electrons. The van der Waals surface area contributed by atoms with Crippen molar-refractivity contribution >= 4 is 11.7 Å². The van der Waals surface area contributed by atoms with Gasteiger partial charge in [-0.05, 0) is 18.4 Å². The second kappa shape index (κ2) is 6.31. The Kier molecular flexibility index (Phi) is 3.99. The molecule has 0 aliphatic carbocycles. The molecule has 0 radical (unpaired) electrons. The Morgan fingerprint density at radius 2 is 1.76 bits per heavy atom. The van der Waals surface area contributed by atoms with E-state index in [1.165, 1.54) is 0 Å². The van der Waals surface area contributed by atoms with Crippen LogP contribution >= 0.6 is 0 Å². The maximum Gasteiger partial charge on any atom is 0.250 e. The van der Waals surface area contributed by atoms with Gasteiger partial charge in [0.25, 0.3) is 5.56 Å². The average Bonchev–Trinajstić information content (AvgIpc) is 2.63. The third-order valence-electron chi connectivity index (χ3n) is 5.24. The molecule has 0 spiro atoms. The quantitative estimate of drug-likeness (QED) is 0.637. The van der Waals surface area contributed by atoms with Crippen molar-refractivity contribution in [2.75, 3.05) is 13.1 Å². The van der Waals surface area contributed by atoms with Gasteiger partial charge in [0.2, 0.25) is 5.91 Å². The van der Waals surface area contributed by atoms with Crippen molar-refractivity contribution in [1.82, 2.24) is 9.47 Å². The highest BCUT2D eigenvalue weighted by Gasteiger charge is 2.36. The van der Waals surface area contributed by atoms with Gasteiger partial charge in [-0.25, -0.2) is 0 Å². The number of Topliss-reactive ketones (excluding diaryl/α,β-unsaturated/α-hetero) is 1. The molecule has 3 heterocycles. The molecule has 2 aliphatic rings. The van der Waals surface area contributed by atoms with E-state index in [2.05, 4.69) is 0 Å². The van der Waals surface area contributed by atoms with Crippen LogP contribution in [-0.2, 0) is 11.3 Å². The third kappa shape index (κ3) is 3.02. The molecule has 25 heavy (non-hydrogen) atoms. The number of fused-ring (bicyclic) bond motifs is 4. The van der Waals surface area contributed by atoms with Gasteiger partial charge < -0.3 is 9.47 Å². The highest BCUT2D eigenvalue weighted by molar-refractivity contribution is 6.07. The summed E-state index contributed by atoms with van der Waals surface area (Å²) in [7, 11) is 0. The van der Waals surface area contributed by atoms with Crippen LogP contribution in [0.25, 0.3) is 0 Å². The number of carbonyl (C=O) groups is 2. The third-order valence-corrected chi connectivity index (χ3v) is 5.24. The number of piperidine rings is 1. The van der Waals surface area contributed by atoms with Crippen LogP contribution in [0.1, 0.15) is 34.8 Å². The van der Waals surface area contributed by atoms with Crippen LogP contribution in [0, 0.1) is 5.92 Å². The number of carbonyl (C=O) groups excluding carboxylic acids is 2. The van der Waals surface area contributed by atoms with Gasteiger partial charge >= 0.3 is 0 Å². The van der Waals surface area contributed by atoms with Gasteiger partial charge in [-0.1, -0.05) is 36.4 Å². The summed E-state index contributed by atoms with van der Waals surface area (Å²) in [6, 6.07) is 14.3. The summed E-state index contributed by atoms with van der Waals surface area (Å²) in [4.78, 5) is 38.8. The van der Waals surface area contributed by atoms with Gasteiger partial charge in [0.15, 0.2) is 5.78 Å². The maximum absolute atomic E-state index is 12.6. The molecule has 0 unspecified atom stereocenters. The van der Waals surface area contributed by atoms with E-state index in [4.69, 9.17) is 0 Å². The standard InChI is InChI=1S/C20H20N2O3/c23-18(15-5-2-1-3-6-15)10-20(25)21-11-14-9-16(13-21)17-7-4-8-19(24)22(17)12-14/h1-8,14,16H,9-13H2/t14-,16-/m1/s1. The van der Waals surface area contributed by atoms with E-state index in [1.807, 2.05) is 16.7 Å². The molecule has 2 aromatic rings. The second-order valence-electron chi connectivity index (χ2n) is 6.96. The molecule has 1 aromatic heterocycles. The molecule has 2 aliphatic heterocycles. The maximum atomic E-state index is 12.6. The summed E-state index contributed by atoms with van der Waals surface area (Å²) < 4.78 is 1.84. The van der Waals surface area contributed by atoms with E-state index >= 15 is 0 Å². The number of likely N-dealkylation sites (tertiary alicyclic amines) is 1. The Morgan fingerprint density at radius 3 is 2.56 bits per heavy atom. The SMILES string of the molecule is O=C(CC(=O)N1C[C@H]2C[C@H](C1)c1cccc(=O)n1C2)c1ccccc1. The van der Waals surface area contributed by atoms with Gasteiger partial charge in [-0.2, -0.15) is 0 Å². The molecular weight excluding hydrogens is 316 g/mol. The summed E-state index contributed by atoms with van der Waals surface area (Å²) >= 11 is 0. The Morgan fingerprint density at radius 1 is 0.960 bits per heavy atom. The zero-order valence-corrected chi connectivity index (χ0v) is 13.9. The fourth-order valence-corrected chi connectivity index (χ4v) is 4.08. The number of hydrogen-bond acceptors (Lipinski definition) is 3. The normalized spacial score (nSPS) is 21.5.